The number of hydrogen-bond donors (Lipinski definition) is 2. The van der Waals surface area contributed by atoms with Gasteiger partial charge in [-0.1, -0.05) is 18.2 Å². The van der Waals surface area contributed by atoms with Gasteiger partial charge in [0.05, 0.1) is 17.4 Å². The molecule has 0 aliphatic heterocycles. The molecule has 98 valence electrons. The van der Waals surface area contributed by atoms with Crippen LogP contribution >= 0.6 is 11.8 Å². The zero-order chi connectivity index (χ0) is 13.7. The molecule has 0 unspecified atom stereocenters. The van der Waals surface area contributed by atoms with Gasteiger partial charge >= 0.3 is 0 Å². The Hall–Kier alpha value is -2.01. The average Bonchev–Trinajstić information content (AvgIpc) is 2.84. The first-order chi connectivity index (χ1) is 9.22. The third-order valence-corrected chi connectivity index (χ3v) is 3.64. The van der Waals surface area contributed by atoms with Crippen LogP contribution in [-0.2, 0) is 0 Å². The lowest BCUT2D eigenvalue weighted by Gasteiger charge is -2.09. The van der Waals surface area contributed by atoms with Crippen LogP contribution in [0.15, 0.2) is 48.0 Å². The molecule has 0 atom stereocenters. The molecule has 2 rings (SSSR count). The molecule has 2 aromatic rings. The van der Waals surface area contributed by atoms with Crippen molar-refractivity contribution in [3.8, 4) is 0 Å². The topological polar surface area (TPSA) is 57.8 Å². The van der Waals surface area contributed by atoms with Crippen molar-refractivity contribution in [1.82, 2.24) is 10.2 Å². The van der Waals surface area contributed by atoms with Crippen LogP contribution in [-0.4, -0.2) is 21.9 Å². The summed E-state index contributed by atoms with van der Waals surface area (Å²) in [5.41, 5.74) is 2.12. The van der Waals surface area contributed by atoms with Gasteiger partial charge in [-0.25, -0.2) is 0 Å². The van der Waals surface area contributed by atoms with Crippen LogP contribution in [0, 0.1) is 6.92 Å². The summed E-state index contributed by atoms with van der Waals surface area (Å²) in [5, 5.41) is 9.52. The van der Waals surface area contributed by atoms with Gasteiger partial charge in [0.25, 0.3) is 5.91 Å². The molecule has 1 heterocycles. The second kappa shape index (κ2) is 6.24. The number of benzene rings is 1. The van der Waals surface area contributed by atoms with Gasteiger partial charge in [0, 0.05) is 16.3 Å². The van der Waals surface area contributed by atoms with Gasteiger partial charge in [-0.2, -0.15) is 5.10 Å². The Labute approximate surface area is 116 Å². The van der Waals surface area contributed by atoms with Crippen LogP contribution < -0.4 is 5.32 Å². The highest BCUT2D eigenvalue weighted by atomic mass is 32.2. The zero-order valence-electron chi connectivity index (χ0n) is 10.6. The molecule has 19 heavy (non-hydrogen) atoms. The maximum absolute atomic E-state index is 12.1. The minimum absolute atomic E-state index is 0.155. The number of amides is 1. The number of H-pyrrole nitrogens is 1. The minimum Gasteiger partial charge on any atom is -0.321 e. The summed E-state index contributed by atoms with van der Waals surface area (Å²) in [6.07, 6.45) is 3.37. The summed E-state index contributed by atoms with van der Waals surface area (Å²) in [7, 11) is 0. The molecule has 0 radical (unpaired) electrons. The zero-order valence-corrected chi connectivity index (χ0v) is 11.5. The number of rotatable bonds is 5. The third-order valence-electron chi connectivity index (χ3n) is 2.57. The van der Waals surface area contributed by atoms with Gasteiger partial charge in [0.15, 0.2) is 0 Å². The van der Waals surface area contributed by atoms with E-state index in [1.807, 2.05) is 37.3 Å². The molecule has 0 aliphatic rings. The smallest absolute Gasteiger partial charge is 0.259 e. The van der Waals surface area contributed by atoms with Crippen molar-refractivity contribution in [2.75, 3.05) is 11.1 Å². The summed E-state index contributed by atoms with van der Waals surface area (Å²) in [5.74, 6) is 0.648. The van der Waals surface area contributed by atoms with E-state index >= 15 is 0 Å². The Kier molecular flexibility index (Phi) is 4.41. The molecule has 0 saturated heterocycles. The van der Waals surface area contributed by atoms with E-state index in [-0.39, 0.29) is 5.91 Å². The molecule has 4 nitrogen and oxygen atoms in total. The number of hydrogen-bond acceptors (Lipinski definition) is 3. The third kappa shape index (κ3) is 3.26. The SMILES string of the molecule is C=CCSc1ccccc1NC(=O)c1cn[nH]c1C. The monoisotopic (exact) mass is 273 g/mol. The molecule has 0 aliphatic carbocycles. The fourth-order valence-corrected chi connectivity index (χ4v) is 2.36. The highest BCUT2D eigenvalue weighted by Crippen LogP contribution is 2.27. The predicted octanol–water partition coefficient (Wildman–Crippen LogP) is 3.25. The fourth-order valence-electron chi connectivity index (χ4n) is 1.61. The van der Waals surface area contributed by atoms with Gasteiger partial charge in [0.2, 0.25) is 0 Å². The highest BCUT2D eigenvalue weighted by molar-refractivity contribution is 7.99. The van der Waals surface area contributed by atoms with Crippen molar-refractivity contribution in [3.63, 3.8) is 0 Å². The largest absolute Gasteiger partial charge is 0.321 e. The maximum atomic E-state index is 12.1. The lowest BCUT2D eigenvalue weighted by atomic mass is 10.2. The van der Waals surface area contributed by atoms with E-state index < -0.39 is 0 Å². The van der Waals surface area contributed by atoms with E-state index in [0.29, 0.717) is 5.56 Å². The van der Waals surface area contributed by atoms with E-state index in [4.69, 9.17) is 0 Å². The van der Waals surface area contributed by atoms with Crippen molar-refractivity contribution < 1.29 is 4.79 Å². The summed E-state index contributed by atoms with van der Waals surface area (Å²) in [6, 6.07) is 7.71. The number of aryl methyl sites for hydroxylation is 1. The molecule has 2 N–H and O–H groups in total. The predicted molar refractivity (Wildman–Crippen MR) is 78.6 cm³/mol. The number of nitrogens with one attached hydrogen (secondary N) is 2. The molecule has 5 heteroatoms. The van der Waals surface area contributed by atoms with E-state index in [0.717, 1.165) is 22.0 Å². The summed E-state index contributed by atoms with van der Waals surface area (Å²) in [6.45, 7) is 5.52. The van der Waals surface area contributed by atoms with Crippen LogP contribution in [0.4, 0.5) is 5.69 Å². The van der Waals surface area contributed by atoms with Gasteiger partial charge in [0.1, 0.15) is 0 Å². The Morgan fingerprint density at radius 1 is 1.53 bits per heavy atom. The van der Waals surface area contributed by atoms with Crippen LogP contribution in [0.5, 0.6) is 0 Å². The number of anilines is 1. The molecule has 1 aromatic carbocycles. The molecule has 0 spiro atoms. The molecule has 0 bridgehead atoms. The van der Waals surface area contributed by atoms with Crippen LogP contribution in [0.25, 0.3) is 0 Å². The van der Waals surface area contributed by atoms with E-state index in [2.05, 4.69) is 22.1 Å². The van der Waals surface area contributed by atoms with Crippen molar-refractivity contribution in [2.45, 2.75) is 11.8 Å². The van der Waals surface area contributed by atoms with Gasteiger partial charge < -0.3 is 5.32 Å². The molecular formula is C14H15N3OS. The highest BCUT2D eigenvalue weighted by Gasteiger charge is 2.12. The van der Waals surface area contributed by atoms with Crippen molar-refractivity contribution in [1.29, 1.82) is 0 Å². The first kappa shape index (κ1) is 13.4. The number of carbonyl (C=O) groups is 1. The molecule has 1 aromatic heterocycles. The van der Waals surface area contributed by atoms with Crippen LogP contribution in [0.3, 0.4) is 0 Å². The second-order valence-electron chi connectivity index (χ2n) is 3.96. The molecule has 1 amide bonds. The lowest BCUT2D eigenvalue weighted by Crippen LogP contribution is -2.12. The van der Waals surface area contributed by atoms with E-state index in [9.17, 15) is 4.79 Å². The summed E-state index contributed by atoms with van der Waals surface area (Å²) >= 11 is 1.63. The Balaban J connectivity index is 2.17. The van der Waals surface area contributed by atoms with E-state index in [1.54, 1.807) is 11.8 Å². The molecule has 0 fully saturated rings. The van der Waals surface area contributed by atoms with Crippen LogP contribution in [0.1, 0.15) is 16.1 Å². The first-order valence-electron chi connectivity index (χ1n) is 5.86. The standard InChI is InChI=1S/C14H15N3OS/c1-3-8-19-13-7-5-4-6-12(13)16-14(18)11-9-15-17-10(11)2/h3-7,9H,1,8H2,2H3,(H,15,17)(H,16,18). The molecular weight excluding hydrogens is 258 g/mol. The first-order valence-corrected chi connectivity index (χ1v) is 6.85. The normalized spacial score (nSPS) is 10.2. The van der Waals surface area contributed by atoms with Crippen molar-refractivity contribution >= 4 is 23.4 Å². The second-order valence-corrected chi connectivity index (χ2v) is 5.02. The number of aromatic nitrogens is 2. The van der Waals surface area contributed by atoms with Gasteiger partial charge in [-0.05, 0) is 19.1 Å². The van der Waals surface area contributed by atoms with Gasteiger partial charge in [-0.3, -0.25) is 9.89 Å². The lowest BCUT2D eigenvalue weighted by molar-refractivity contribution is 0.102. The Morgan fingerprint density at radius 3 is 3.00 bits per heavy atom. The quantitative estimate of drug-likeness (QED) is 0.649. The number of nitrogens with zero attached hydrogens (tertiary/aromatic N) is 1. The number of aromatic amines is 1. The van der Waals surface area contributed by atoms with Crippen molar-refractivity contribution in [3.05, 3.63) is 54.4 Å². The Morgan fingerprint density at radius 2 is 2.32 bits per heavy atom. The average molecular weight is 273 g/mol. The maximum Gasteiger partial charge on any atom is 0.259 e. The number of carbonyl (C=O) groups excluding carboxylic acids is 1. The number of para-hydroxylation sites is 1. The summed E-state index contributed by atoms with van der Waals surface area (Å²) < 4.78 is 0. The summed E-state index contributed by atoms with van der Waals surface area (Å²) in [4.78, 5) is 13.1. The van der Waals surface area contributed by atoms with E-state index in [1.165, 1.54) is 6.20 Å². The fraction of sp³-hybridized carbons (Fsp3) is 0.143. The minimum atomic E-state index is -0.155. The van der Waals surface area contributed by atoms with Gasteiger partial charge in [-0.15, -0.1) is 18.3 Å². The Bertz CT molecular complexity index is 592. The number of thioether (sulfide) groups is 1. The van der Waals surface area contributed by atoms with Crippen LogP contribution in [0.2, 0.25) is 0 Å². The molecule has 0 saturated carbocycles. The van der Waals surface area contributed by atoms with Crippen molar-refractivity contribution in [2.24, 2.45) is 0 Å².